The maximum atomic E-state index is 12.2. The van der Waals surface area contributed by atoms with E-state index in [0.29, 0.717) is 18.2 Å². The number of carbonyl (C=O) groups excluding carboxylic acids is 1. The van der Waals surface area contributed by atoms with E-state index in [1.807, 2.05) is 37.3 Å². The molecule has 27 heavy (non-hydrogen) atoms. The Balaban J connectivity index is 2.02. The van der Waals surface area contributed by atoms with Crippen molar-refractivity contribution in [3.8, 4) is 16.9 Å². The van der Waals surface area contributed by atoms with Gasteiger partial charge >= 0.3 is 0 Å². The van der Waals surface area contributed by atoms with Gasteiger partial charge in [0.15, 0.2) is 0 Å². The second-order valence-electron chi connectivity index (χ2n) is 7.03. The Bertz CT molecular complexity index is 968. The molecule has 0 atom stereocenters. The zero-order chi connectivity index (χ0) is 19.4. The Morgan fingerprint density at radius 2 is 1.96 bits per heavy atom. The molecule has 2 aromatic carbocycles. The smallest absolute Gasteiger partial charge is 0.244 e. The van der Waals surface area contributed by atoms with Gasteiger partial charge in [0, 0.05) is 35.2 Å². The minimum absolute atomic E-state index is 0.0983. The van der Waals surface area contributed by atoms with Crippen LogP contribution in [0.15, 0.2) is 59.2 Å². The molecule has 4 heteroatoms. The zero-order valence-corrected chi connectivity index (χ0v) is 16.2. The Labute approximate surface area is 159 Å². The van der Waals surface area contributed by atoms with Crippen molar-refractivity contribution < 1.29 is 13.9 Å². The molecule has 1 amide bonds. The van der Waals surface area contributed by atoms with E-state index >= 15 is 0 Å². The molecule has 1 aromatic heterocycles. The first-order chi connectivity index (χ1) is 13.0. The molecule has 0 bridgehead atoms. The molecule has 0 aliphatic carbocycles. The fourth-order valence-electron chi connectivity index (χ4n) is 3.00. The Kier molecular flexibility index (Phi) is 5.65. The lowest BCUT2D eigenvalue weighted by Crippen LogP contribution is -2.25. The lowest BCUT2D eigenvalue weighted by molar-refractivity contribution is -0.116. The van der Waals surface area contributed by atoms with Gasteiger partial charge in [-0.3, -0.25) is 4.79 Å². The molecular formula is C23H25NO3. The van der Waals surface area contributed by atoms with Gasteiger partial charge in [0.05, 0.1) is 13.4 Å². The molecule has 1 N–H and O–H groups in total. The van der Waals surface area contributed by atoms with Crippen LogP contribution in [0.2, 0.25) is 0 Å². The van der Waals surface area contributed by atoms with Crippen molar-refractivity contribution in [2.45, 2.75) is 20.8 Å². The van der Waals surface area contributed by atoms with Crippen LogP contribution in [-0.4, -0.2) is 19.6 Å². The van der Waals surface area contributed by atoms with Crippen LogP contribution in [0.3, 0.4) is 0 Å². The number of methoxy groups -OCH3 is 1. The first kappa shape index (κ1) is 18.8. The number of furan rings is 1. The van der Waals surface area contributed by atoms with Gasteiger partial charge in [-0.25, -0.2) is 0 Å². The van der Waals surface area contributed by atoms with Crippen molar-refractivity contribution in [2.75, 3.05) is 13.7 Å². The predicted octanol–water partition coefficient (Wildman–Crippen LogP) is 5.28. The SMILES string of the molecule is COc1cc2occ(-c3ccccc3)c2cc1/C(C)=C/C(=O)NCC(C)C. The number of amides is 1. The van der Waals surface area contributed by atoms with Crippen LogP contribution in [0.25, 0.3) is 27.7 Å². The van der Waals surface area contributed by atoms with E-state index in [1.165, 1.54) is 0 Å². The first-order valence-electron chi connectivity index (χ1n) is 9.10. The maximum absolute atomic E-state index is 12.2. The van der Waals surface area contributed by atoms with Gasteiger partial charge in [0.2, 0.25) is 5.91 Å². The topological polar surface area (TPSA) is 51.5 Å². The van der Waals surface area contributed by atoms with E-state index in [2.05, 4.69) is 31.3 Å². The number of hydrogen-bond acceptors (Lipinski definition) is 3. The maximum Gasteiger partial charge on any atom is 0.244 e. The quantitative estimate of drug-likeness (QED) is 0.606. The second-order valence-corrected chi connectivity index (χ2v) is 7.03. The highest BCUT2D eigenvalue weighted by Crippen LogP contribution is 2.37. The lowest BCUT2D eigenvalue weighted by atomic mass is 9.99. The van der Waals surface area contributed by atoms with Crippen LogP contribution in [0.5, 0.6) is 5.75 Å². The summed E-state index contributed by atoms with van der Waals surface area (Å²) in [6, 6.07) is 14.0. The van der Waals surface area contributed by atoms with Crippen molar-refractivity contribution in [1.82, 2.24) is 5.32 Å². The number of allylic oxidation sites excluding steroid dienone is 1. The molecule has 140 valence electrons. The molecule has 0 aliphatic rings. The Morgan fingerprint density at radius 3 is 2.63 bits per heavy atom. The summed E-state index contributed by atoms with van der Waals surface area (Å²) in [7, 11) is 1.62. The molecule has 0 spiro atoms. The average Bonchev–Trinajstić information content (AvgIpc) is 3.08. The highest BCUT2D eigenvalue weighted by atomic mass is 16.5. The lowest BCUT2D eigenvalue weighted by Gasteiger charge is -2.11. The van der Waals surface area contributed by atoms with Gasteiger partial charge in [0.1, 0.15) is 11.3 Å². The molecule has 0 fully saturated rings. The van der Waals surface area contributed by atoms with Gasteiger partial charge in [-0.2, -0.15) is 0 Å². The third-order valence-electron chi connectivity index (χ3n) is 4.44. The number of carbonyl (C=O) groups is 1. The number of ether oxygens (including phenoxy) is 1. The van der Waals surface area contributed by atoms with Crippen molar-refractivity contribution in [1.29, 1.82) is 0 Å². The number of nitrogens with one attached hydrogen (secondary N) is 1. The third kappa shape index (κ3) is 4.22. The van der Waals surface area contributed by atoms with E-state index in [-0.39, 0.29) is 5.91 Å². The highest BCUT2D eigenvalue weighted by molar-refractivity contribution is 6.00. The number of rotatable bonds is 6. The van der Waals surface area contributed by atoms with Crippen molar-refractivity contribution in [2.24, 2.45) is 5.92 Å². The summed E-state index contributed by atoms with van der Waals surface area (Å²) in [5.74, 6) is 0.994. The summed E-state index contributed by atoms with van der Waals surface area (Å²) in [5.41, 5.74) is 4.58. The van der Waals surface area contributed by atoms with Crippen molar-refractivity contribution in [3.63, 3.8) is 0 Å². The van der Waals surface area contributed by atoms with Gasteiger partial charge in [-0.15, -0.1) is 0 Å². The number of fused-ring (bicyclic) bond motifs is 1. The van der Waals surface area contributed by atoms with Crippen LogP contribution >= 0.6 is 0 Å². The summed E-state index contributed by atoms with van der Waals surface area (Å²) in [6.07, 6.45) is 3.38. The standard InChI is InChI=1S/C23H25NO3/c1-15(2)13-24-23(25)10-16(3)18-11-19-20(17-8-6-5-7-9-17)14-27-22(19)12-21(18)26-4/h5-12,14-15H,13H2,1-4H3,(H,24,25)/b16-10+. The molecule has 3 aromatic rings. The second kappa shape index (κ2) is 8.12. The first-order valence-corrected chi connectivity index (χ1v) is 9.10. The minimum Gasteiger partial charge on any atom is -0.496 e. The van der Waals surface area contributed by atoms with Crippen LogP contribution < -0.4 is 10.1 Å². The van der Waals surface area contributed by atoms with E-state index in [4.69, 9.17) is 9.15 Å². The largest absolute Gasteiger partial charge is 0.496 e. The zero-order valence-electron chi connectivity index (χ0n) is 16.2. The Hall–Kier alpha value is -3.01. The Morgan fingerprint density at radius 1 is 1.22 bits per heavy atom. The van der Waals surface area contributed by atoms with Crippen LogP contribution in [-0.2, 0) is 4.79 Å². The molecule has 0 aliphatic heterocycles. The summed E-state index contributed by atoms with van der Waals surface area (Å²) in [5, 5.41) is 3.91. The van der Waals surface area contributed by atoms with Crippen molar-refractivity contribution in [3.05, 3.63) is 60.4 Å². The van der Waals surface area contributed by atoms with Gasteiger partial charge in [-0.1, -0.05) is 44.2 Å². The fourth-order valence-corrected chi connectivity index (χ4v) is 3.00. The molecule has 4 nitrogen and oxygen atoms in total. The molecule has 1 heterocycles. The fraction of sp³-hybridized carbons (Fsp3) is 0.261. The van der Waals surface area contributed by atoms with Gasteiger partial charge < -0.3 is 14.5 Å². The van der Waals surface area contributed by atoms with E-state index in [1.54, 1.807) is 19.4 Å². The van der Waals surface area contributed by atoms with Crippen LogP contribution in [0.4, 0.5) is 0 Å². The van der Waals surface area contributed by atoms with E-state index in [9.17, 15) is 4.79 Å². The van der Waals surface area contributed by atoms with Crippen LogP contribution in [0, 0.1) is 5.92 Å². The third-order valence-corrected chi connectivity index (χ3v) is 4.44. The molecule has 0 radical (unpaired) electrons. The van der Waals surface area contributed by atoms with E-state index in [0.717, 1.165) is 33.2 Å². The van der Waals surface area contributed by atoms with Gasteiger partial charge in [0.25, 0.3) is 0 Å². The summed E-state index contributed by atoms with van der Waals surface area (Å²) < 4.78 is 11.3. The highest BCUT2D eigenvalue weighted by Gasteiger charge is 2.14. The van der Waals surface area contributed by atoms with Crippen LogP contribution in [0.1, 0.15) is 26.3 Å². The van der Waals surface area contributed by atoms with E-state index < -0.39 is 0 Å². The molecule has 3 rings (SSSR count). The summed E-state index contributed by atoms with van der Waals surface area (Å²) >= 11 is 0. The number of hydrogen-bond donors (Lipinski definition) is 1. The summed E-state index contributed by atoms with van der Waals surface area (Å²) in [6.45, 7) is 6.70. The predicted molar refractivity (Wildman–Crippen MR) is 110 cm³/mol. The molecule has 0 saturated heterocycles. The average molecular weight is 363 g/mol. The normalized spacial score (nSPS) is 11.8. The molecular weight excluding hydrogens is 338 g/mol. The minimum atomic E-state index is -0.0983. The molecule has 0 saturated carbocycles. The molecule has 0 unspecified atom stereocenters. The monoisotopic (exact) mass is 363 g/mol. The number of benzene rings is 2. The van der Waals surface area contributed by atoms with Crippen molar-refractivity contribution >= 4 is 22.4 Å². The van der Waals surface area contributed by atoms with Gasteiger partial charge in [-0.05, 0) is 30.0 Å². The summed E-state index contributed by atoms with van der Waals surface area (Å²) in [4.78, 5) is 12.2.